The van der Waals surface area contributed by atoms with Gasteiger partial charge in [0.05, 0.1) is 19.0 Å². The molecule has 0 atom stereocenters. The maximum absolute atomic E-state index is 12.1. The second-order valence-corrected chi connectivity index (χ2v) is 6.06. The molecule has 2 N–H and O–H groups in total. The van der Waals surface area contributed by atoms with E-state index in [1.54, 1.807) is 31.5 Å². The van der Waals surface area contributed by atoms with Crippen molar-refractivity contribution in [3.63, 3.8) is 0 Å². The molecule has 6 heteroatoms. The van der Waals surface area contributed by atoms with E-state index < -0.39 is 0 Å². The van der Waals surface area contributed by atoms with Crippen LogP contribution in [0.2, 0.25) is 0 Å². The molecule has 0 aliphatic rings. The predicted molar refractivity (Wildman–Crippen MR) is 110 cm³/mol. The normalized spacial score (nSPS) is 10.2. The number of benzene rings is 2. The molecule has 0 aliphatic heterocycles. The number of carbonyl (C=O) groups is 1. The average Bonchev–Trinajstić information content (AvgIpc) is 2.74. The molecule has 0 unspecified atom stereocenters. The number of ether oxygens (including phenoxy) is 2. The second kappa shape index (κ2) is 9.41. The number of aromatic nitrogens is 1. The summed E-state index contributed by atoms with van der Waals surface area (Å²) in [5.74, 6) is 1.26. The van der Waals surface area contributed by atoms with E-state index in [1.165, 1.54) is 5.56 Å². The molecule has 1 heterocycles. The summed E-state index contributed by atoms with van der Waals surface area (Å²) in [6.45, 7) is 1.98. The monoisotopic (exact) mass is 377 g/mol. The Hall–Kier alpha value is -3.54. The fourth-order valence-corrected chi connectivity index (χ4v) is 2.71. The molecule has 0 saturated carbocycles. The van der Waals surface area contributed by atoms with Crippen molar-refractivity contribution < 1.29 is 14.3 Å². The first-order chi connectivity index (χ1) is 13.7. The lowest BCUT2D eigenvalue weighted by molar-refractivity contribution is -0.118. The number of methoxy groups -OCH3 is 1. The van der Waals surface area contributed by atoms with Crippen molar-refractivity contribution in [2.75, 3.05) is 24.4 Å². The third-order valence-corrected chi connectivity index (χ3v) is 4.14. The van der Waals surface area contributed by atoms with Gasteiger partial charge < -0.3 is 20.1 Å². The largest absolute Gasteiger partial charge is 0.493 e. The Morgan fingerprint density at radius 3 is 2.46 bits per heavy atom. The molecule has 3 rings (SSSR count). The number of carbonyl (C=O) groups excluding carboxylic acids is 1. The molecule has 0 aliphatic carbocycles. The first kappa shape index (κ1) is 19.2. The molecule has 3 aromatic rings. The summed E-state index contributed by atoms with van der Waals surface area (Å²) in [6, 6.07) is 18.9. The Bertz CT molecular complexity index is 926. The third kappa shape index (κ3) is 5.01. The number of hydrogen-bond donors (Lipinski definition) is 2. The lowest BCUT2D eigenvalue weighted by Gasteiger charge is -2.12. The van der Waals surface area contributed by atoms with Crippen molar-refractivity contribution in [1.29, 1.82) is 0 Å². The van der Waals surface area contributed by atoms with Gasteiger partial charge in [0.1, 0.15) is 5.82 Å². The summed E-state index contributed by atoms with van der Waals surface area (Å²) in [6.07, 6.45) is 2.63. The van der Waals surface area contributed by atoms with Crippen LogP contribution in [0.4, 0.5) is 17.2 Å². The van der Waals surface area contributed by atoms with Crippen LogP contribution in [0.15, 0.2) is 66.9 Å². The molecule has 0 bridgehead atoms. The van der Waals surface area contributed by atoms with Gasteiger partial charge in [0.25, 0.3) is 5.91 Å². The molecular weight excluding hydrogens is 354 g/mol. The van der Waals surface area contributed by atoms with Crippen LogP contribution >= 0.6 is 0 Å². The van der Waals surface area contributed by atoms with Gasteiger partial charge in [0.2, 0.25) is 0 Å². The predicted octanol–water partition coefficient (Wildman–Crippen LogP) is 4.41. The number of nitrogens with one attached hydrogen (secondary N) is 2. The minimum absolute atomic E-state index is 0.133. The van der Waals surface area contributed by atoms with Crippen molar-refractivity contribution in [2.24, 2.45) is 0 Å². The molecular formula is C22H23N3O3. The smallest absolute Gasteiger partial charge is 0.263 e. The van der Waals surface area contributed by atoms with Crippen LogP contribution in [0.5, 0.6) is 11.5 Å². The SMILES string of the molecule is CCc1ccccc1Nc1ccc(NC(=O)COc2ccccc2OC)nc1. The number of rotatable bonds is 8. The summed E-state index contributed by atoms with van der Waals surface area (Å²) >= 11 is 0. The van der Waals surface area contributed by atoms with E-state index in [0.717, 1.165) is 17.8 Å². The van der Waals surface area contributed by atoms with Gasteiger partial charge in [-0.25, -0.2) is 4.98 Å². The van der Waals surface area contributed by atoms with Crippen molar-refractivity contribution in [2.45, 2.75) is 13.3 Å². The van der Waals surface area contributed by atoms with Crippen molar-refractivity contribution >= 4 is 23.1 Å². The molecule has 0 fully saturated rings. The summed E-state index contributed by atoms with van der Waals surface area (Å²) in [7, 11) is 1.56. The van der Waals surface area contributed by atoms with Gasteiger partial charge in [-0.1, -0.05) is 37.3 Å². The van der Waals surface area contributed by atoms with Crippen LogP contribution in [0, 0.1) is 0 Å². The summed E-state index contributed by atoms with van der Waals surface area (Å²) in [5, 5.41) is 6.07. The Morgan fingerprint density at radius 2 is 1.75 bits per heavy atom. The number of para-hydroxylation sites is 3. The number of aryl methyl sites for hydroxylation is 1. The molecule has 6 nitrogen and oxygen atoms in total. The Labute approximate surface area is 164 Å². The van der Waals surface area contributed by atoms with E-state index in [4.69, 9.17) is 9.47 Å². The topological polar surface area (TPSA) is 72.5 Å². The van der Waals surface area contributed by atoms with E-state index in [0.29, 0.717) is 17.3 Å². The number of hydrogen-bond acceptors (Lipinski definition) is 5. The first-order valence-electron chi connectivity index (χ1n) is 9.06. The van der Waals surface area contributed by atoms with E-state index >= 15 is 0 Å². The zero-order valence-electron chi connectivity index (χ0n) is 15.9. The quantitative estimate of drug-likeness (QED) is 0.608. The van der Waals surface area contributed by atoms with Crippen LogP contribution in [-0.2, 0) is 11.2 Å². The van der Waals surface area contributed by atoms with E-state index in [1.807, 2.05) is 36.4 Å². The van der Waals surface area contributed by atoms with Crippen LogP contribution in [0.1, 0.15) is 12.5 Å². The number of nitrogens with zero attached hydrogens (tertiary/aromatic N) is 1. The molecule has 0 spiro atoms. The highest BCUT2D eigenvalue weighted by Gasteiger charge is 2.08. The highest BCUT2D eigenvalue weighted by molar-refractivity contribution is 5.91. The molecule has 1 amide bonds. The number of pyridine rings is 1. The molecule has 0 saturated heterocycles. The van der Waals surface area contributed by atoms with Crippen molar-refractivity contribution in [3.05, 3.63) is 72.4 Å². The zero-order chi connectivity index (χ0) is 19.8. The fourth-order valence-electron chi connectivity index (χ4n) is 2.71. The Balaban J connectivity index is 1.56. The van der Waals surface area contributed by atoms with Crippen molar-refractivity contribution in [1.82, 2.24) is 4.98 Å². The van der Waals surface area contributed by atoms with E-state index in [-0.39, 0.29) is 12.5 Å². The van der Waals surface area contributed by atoms with Gasteiger partial charge in [-0.3, -0.25) is 4.79 Å². The Morgan fingerprint density at radius 1 is 1.00 bits per heavy atom. The molecule has 2 aromatic carbocycles. The summed E-state index contributed by atoms with van der Waals surface area (Å²) in [5.41, 5.74) is 3.13. The molecule has 28 heavy (non-hydrogen) atoms. The number of amides is 1. The first-order valence-corrected chi connectivity index (χ1v) is 9.06. The minimum atomic E-state index is -0.296. The average molecular weight is 377 g/mol. The van der Waals surface area contributed by atoms with Gasteiger partial charge in [0, 0.05) is 5.69 Å². The van der Waals surface area contributed by atoms with E-state index in [2.05, 4.69) is 28.6 Å². The molecule has 144 valence electrons. The maximum atomic E-state index is 12.1. The van der Waals surface area contributed by atoms with Crippen LogP contribution in [0.3, 0.4) is 0 Å². The number of anilines is 3. The van der Waals surface area contributed by atoms with E-state index in [9.17, 15) is 4.79 Å². The maximum Gasteiger partial charge on any atom is 0.263 e. The standard InChI is InChI=1S/C22H23N3O3/c1-3-16-8-4-5-9-18(16)24-17-12-13-21(23-14-17)25-22(26)15-28-20-11-7-6-10-19(20)27-2/h4-14,24H,3,15H2,1-2H3,(H,23,25,26). The highest BCUT2D eigenvalue weighted by atomic mass is 16.5. The van der Waals surface area contributed by atoms with Crippen LogP contribution in [0.25, 0.3) is 0 Å². The second-order valence-electron chi connectivity index (χ2n) is 6.06. The fraction of sp³-hybridized carbons (Fsp3) is 0.182. The van der Waals surface area contributed by atoms with Gasteiger partial charge >= 0.3 is 0 Å². The molecule has 1 aromatic heterocycles. The van der Waals surface area contributed by atoms with Gasteiger partial charge in [0.15, 0.2) is 18.1 Å². The van der Waals surface area contributed by atoms with Gasteiger partial charge in [-0.2, -0.15) is 0 Å². The summed E-state index contributed by atoms with van der Waals surface area (Å²) in [4.78, 5) is 16.4. The van der Waals surface area contributed by atoms with Gasteiger partial charge in [-0.05, 0) is 42.3 Å². The summed E-state index contributed by atoms with van der Waals surface area (Å²) < 4.78 is 10.7. The van der Waals surface area contributed by atoms with Gasteiger partial charge in [-0.15, -0.1) is 0 Å². The lowest BCUT2D eigenvalue weighted by atomic mass is 10.1. The molecule has 0 radical (unpaired) electrons. The Kier molecular flexibility index (Phi) is 6.46. The van der Waals surface area contributed by atoms with Crippen LogP contribution in [-0.4, -0.2) is 24.6 Å². The highest BCUT2D eigenvalue weighted by Crippen LogP contribution is 2.25. The third-order valence-electron chi connectivity index (χ3n) is 4.14. The minimum Gasteiger partial charge on any atom is -0.493 e. The van der Waals surface area contributed by atoms with Crippen molar-refractivity contribution in [3.8, 4) is 11.5 Å². The lowest BCUT2D eigenvalue weighted by Crippen LogP contribution is -2.20. The van der Waals surface area contributed by atoms with Crippen LogP contribution < -0.4 is 20.1 Å². The zero-order valence-corrected chi connectivity index (χ0v) is 15.9.